The summed E-state index contributed by atoms with van der Waals surface area (Å²) in [5.41, 5.74) is 3.82. The van der Waals surface area contributed by atoms with Crippen LogP contribution in [0, 0.1) is 0 Å². The normalized spacial score (nSPS) is 12.6. The van der Waals surface area contributed by atoms with Crippen molar-refractivity contribution < 1.29 is 22.0 Å². The smallest absolute Gasteiger partial charge is 0.449 e. The number of nitrogens with zero attached hydrogens (tertiary/aromatic N) is 1. The van der Waals surface area contributed by atoms with E-state index >= 15 is 0 Å². The molecule has 2 heterocycles. The number of oxazole rings is 1. The third kappa shape index (κ3) is 3.19. The van der Waals surface area contributed by atoms with E-state index in [1.165, 1.54) is 6.26 Å². The van der Waals surface area contributed by atoms with Crippen LogP contribution in [0.5, 0.6) is 0 Å². The topological polar surface area (TPSA) is 39.2 Å². The molecule has 0 amide bonds. The summed E-state index contributed by atoms with van der Waals surface area (Å²) >= 11 is 0. The zero-order chi connectivity index (χ0) is 19.2. The van der Waals surface area contributed by atoms with Crippen molar-refractivity contribution in [3.63, 3.8) is 0 Å². The molecule has 2 aromatic heterocycles. The SMILES string of the molecule is C[Si](C)(c1coc(C(F)(F)F)c1)c1nc2ccc(-c3ccccc3)cc2o1. The highest BCUT2D eigenvalue weighted by molar-refractivity contribution is 6.99. The van der Waals surface area contributed by atoms with Crippen LogP contribution in [0.25, 0.3) is 22.2 Å². The number of halogens is 3. The van der Waals surface area contributed by atoms with Gasteiger partial charge in [-0.15, -0.1) is 0 Å². The Bertz CT molecular complexity index is 1100. The van der Waals surface area contributed by atoms with Gasteiger partial charge in [-0.2, -0.15) is 13.2 Å². The van der Waals surface area contributed by atoms with E-state index in [2.05, 4.69) is 4.98 Å². The second-order valence-corrected chi connectivity index (χ2v) is 11.1. The van der Waals surface area contributed by atoms with Gasteiger partial charge in [-0.3, -0.25) is 0 Å². The van der Waals surface area contributed by atoms with E-state index in [0.29, 0.717) is 21.8 Å². The quantitative estimate of drug-likeness (QED) is 0.468. The summed E-state index contributed by atoms with van der Waals surface area (Å²) < 4.78 is 49.2. The van der Waals surface area contributed by atoms with Crippen molar-refractivity contribution in [2.45, 2.75) is 19.3 Å². The minimum Gasteiger partial charge on any atom is -0.460 e. The first-order valence-electron chi connectivity index (χ1n) is 8.38. The maximum absolute atomic E-state index is 12.8. The first-order chi connectivity index (χ1) is 12.7. The van der Waals surface area contributed by atoms with Crippen LogP contribution in [0.2, 0.25) is 13.1 Å². The fourth-order valence-electron chi connectivity index (χ4n) is 2.94. The van der Waals surface area contributed by atoms with Crippen LogP contribution in [0.3, 0.4) is 0 Å². The molecule has 0 fully saturated rings. The lowest BCUT2D eigenvalue weighted by Gasteiger charge is -2.15. The minimum atomic E-state index is -4.51. The predicted octanol–water partition coefficient (Wildman–Crippen LogP) is 4.93. The summed E-state index contributed by atoms with van der Waals surface area (Å²) in [5, 5.41) is 0.490. The summed E-state index contributed by atoms with van der Waals surface area (Å²) in [6.07, 6.45) is -3.34. The summed E-state index contributed by atoms with van der Waals surface area (Å²) in [6, 6.07) is 16.6. The van der Waals surface area contributed by atoms with Gasteiger partial charge in [0.1, 0.15) is 5.52 Å². The zero-order valence-corrected chi connectivity index (χ0v) is 15.7. The molecule has 138 valence electrons. The number of hydrogen-bond donors (Lipinski definition) is 0. The third-order valence-corrected chi connectivity index (χ3v) is 7.62. The van der Waals surface area contributed by atoms with Gasteiger partial charge in [0.15, 0.2) is 19.2 Å². The molecule has 2 aromatic carbocycles. The van der Waals surface area contributed by atoms with Gasteiger partial charge in [-0.25, -0.2) is 4.98 Å². The summed E-state index contributed by atoms with van der Waals surface area (Å²) in [7, 11) is -2.56. The number of aromatic nitrogens is 1. The van der Waals surface area contributed by atoms with Gasteiger partial charge in [0, 0.05) is 0 Å². The van der Waals surface area contributed by atoms with Gasteiger partial charge < -0.3 is 8.83 Å². The van der Waals surface area contributed by atoms with Crippen molar-refractivity contribution in [2.24, 2.45) is 0 Å². The van der Waals surface area contributed by atoms with Crippen LogP contribution in [-0.4, -0.2) is 13.1 Å². The lowest BCUT2D eigenvalue weighted by Crippen LogP contribution is -2.53. The first-order valence-corrected chi connectivity index (χ1v) is 11.4. The number of alkyl halides is 3. The Morgan fingerprint density at radius 2 is 1.67 bits per heavy atom. The highest BCUT2D eigenvalue weighted by Crippen LogP contribution is 2.29. The van der Waals surface area contributed by atoms with E-state index in [1.54, 1.807) is 0 Å². The monoisotopic (exact) mass is 387 g/mol. The van der Waals surface area contributed by atoms with Crippen molar-refractivity contribution in [1.29, 1.82) is 0 Å². The van der Waals surface area contributed by atoms with Gasteiger partial charge in [0.25, 0.3) is 0 Å². The average Bonchev–Trinajstić information content (AvgIpc) is 3.29. The zero-order valence-electron chi connectivity index (χ0n) is 14.7. The molecule has 0 aliphatic rings. The van der Waals surface area contributed by atoms with Crippen molar-refractivity contribution in [3.05, 3.63) is 66.6 Å². The van der Waals surface area contributed by atoms with E-state index in [1.807, 2.05) is 61.6 Å². The lowest BCUT2D eigenvalue weighted by atomic mass is 10.1. The van der Waals surface area contributed by atoms with Gasteiger partial charge in [0.05, 0.1) is 6.26 Å². The molecule has 0 bridgehead atoms. The van der Waals surface area contributed by atoms with Crippen LogP contribution in [0.15, 0.2) is 69.7 Å². The van der Waals surface area contributed by atoms with Gasteiger partial charge in [0.2, 0.25) is 5.76 Å². The molecule has 3 nitrogen and oxygen atoms in total. The Labute approximate surface area is 154 Å². The van der Waals surface area contributed by atoms with Crippen molar-refractivity contribution in [1.82, 2.24) is 4.98 Å². The molecule has 0 aliphatic carbocycles. The van der Waals surface area contributed by atoms with E-state index in [4.69, 9.17) is 8.83 Å². The molecule has 4 rings (SSSR count). The highest BCUT2D eigenvalue weighted by atomic mass is 28.3. The van der Waals surface area contributed by atoms with E-state index in [9.17, 15) is 13.2 Å². The number of hydrogen-bond acceptors (Lipinski definition) is 3. The number of fused-ring (bicyclic) bond motifs is 1. The standard InChI is InChI=1S/C20H16F3NO2Si/c1-27(2,15-11-18(25-12-15)20(21,22)23)19-24-16-9-8-14(10-17(16)26-19)13-6-4-3-5-7-13/h3-12H,1-2H3. The van der Waals surface area contributed by atoms with Crippen molar-refractivity contribution in [2.75, 3.05) is 0 Å². The maximum atomic E-state index is 12.8. The molecule has 0 saturated heterocycles. The summed E-state index contributed by atoms with van der Waals surface area (Å²) in [4.78, 5) is 4.54. The molecule has 0 atom stereocenters. The van der Waals surface area contributed by atoms with Gasteiger partial charge >= 0.3 is 6.18 Å². The average molecular weight is 387 g/mol. The van der Waals surface area contributed by atoms with E-state index in [0.717, 1.165) is 17.2 Å². The van der Waals surface area contributed by atoms with Gasteiger partial charge in [-0.1, -0.05) is 49.5 Å². The second-order valence-electron chi connectivity index (χ2n) is 6.89. The number of furan rings is 1. The minimum absolute atomic E-state index is 0.470. The molecule has 0 unspecified atom stereocenters. The molecule has 0 aliphatic heterocycles. The fourth-order valence-corrected chi connectivity index (χ4v) is 4.80. The predicted molar refractivity (Wildman–Crippen MR) is 99.9 cm³/mol. The Hall–Kier alpha value is -2.80. The Morgan fingerprint density at radius 3 is 2.33 bits per heavy atom. The summed E-state index contributed by atoms with van der Waals surface area (Å²) in [5.74, 6) is -0.999. The maximum Gasteiger partial charge on any atom is 0.449 e. The van der Waals surface area contributed by atoms with Crippen LogP contribution in [0.1, 0.15) is 5.76 Å². The Balaban J connectivity index is 1.74. The van der Waals surface area contributed by atoms with E-state index < -0.39 is 20.0 Å². The Morgan fingerprint density at radius 1 is 0.926 bits per heavy atom. The van der Waals surface area contributed by atoms with Gasteiger partial charge in [-0.05, 0) is 34.5 Å². The van der Waals surface area contributed by atoms with Crippen LogP contribution < -0.4 is 10.7 Å². The van der Waals surface area contributed by atoms with E-state index in [-0.39, 0.29) is 0 Å². The number of benzene rings is 2. The summed E-state index contributed by atoms with van der Waals surface area (Å²) in [6.45, 7) is 3.78. The molecule has 0 radical (unpaired) electrons. The number of rotatable bonds is 3. The van der Waals surface area contributed by atoms with Crippen molar-refractivity contribution >= 4 is 29.9 Å². The first kappa shape index (κ1) is 17.6. The van der Waals surface area contributed by atoms with Crippen LogP contribution in [-0.2, 0) is 6.18 Å². The highest BCUT2D eigenvalue weighted by Gasteiger charge is 2.39. The van der Waals surface area contributed by atoms with Crippen molar-refractivity contribution in [3.8, 4) is 11.1 Å². The largest absolute Gasteiger partial charge is 0.460 e. The second kappa shape index (κ2) is 6.13. The molecule has 0 saturated carbocycles. The van der Waals surface area contributed by atoms with Crippen LogP contribution >= 0.6 is 0 Å². The molecular weight excluding hydrogens is 371 g/mol. The molecule has 7 heteroatoms. The molecule has 4 aromatic rings. The molecular formula is C20H16F3NO2Si. The fraction of sp³-hybridized carbons (Fsp3) is 0.150. The molecule has 0 N–H and O–H groups in total. The third-order valence-electron chi connectivity index (χ3n) is 4.63. The molecule has 27 heavy (non-hydrogen) atoms. The lowest BCUT2D eigenvalue weighted by molar-refractivity contribution is -0.153. The van der Waals surface area contributed by atoms with Crippen LogP contribution in [0.4, 0.5) is 13.2 Å². The Kier molecular flexibility index (Phi) is 3.99. The molecule has 0 spiro atoms.